The molecule has 0 saturated carbocycles. The highest BCUT2D eigenvalue weighted by Crippen LogP contribution is 2.45. The first kappa shape index (κ1) is 31.5. The van der Waals surface area contributed by atoms with Crippen LogP contribution in [0.4, 0.5) is 21.9 Å². The predicted octanol–water partition coefficient (Wildman–Crippen LogP) is 5.53. The van der Waals surface area contributed by atoms with Gasteiger partial charge in [-0.25, -0.2) is 4.79 Å². The largest absolute Gasteiger partial charge is 0.496 e. The Kier molecular flexibility index (Phi) is 9.70. The van der Waals surface area contributed by atoms with Crippen molar-refractivity contribution in [2.45, 2.75) is 32.4 Å². The Morgan fingerprint density at radius 2 is 1.65 bits per heavy atom. The van der Waals surface area contributed by atoms with Crippen molar-refractivity contribution in [3.8, 4) is 28.4 Å². The number of nitrogens with one attached hydrogen (secondary N) is 2. The summed E-state index contributed by atoms with van der Waals surface area (Å²) in [6.07, 6.45) is 0.409. The Bertz CT molecular complexity index is 1470. The second kappa shape index (κ2) is 13.2. The van der Waals surface area contributed by atoms with Gasteiger partial charge in [0, 0.05) is 44.4 Å². The third kappa shape index (κ3) is 6.97. The van der Waals surface area contributed by atoms with Crippen LogP contribution in [-0.2, 0) is 11.3 Å². The quantitative estimate of drug-likeness (QED) is 0.302. The van der Waals surface area contributed by atoms with Crippen LogP contribution in [0.3, 0.4) is 0 Å². The fraction of sp³-hybridized carbons (Fsp3) is 0.394. The molecule has 0 saturated heterocycles. The van der Waals surface area contributed by atoms with Crippen molar-refractivity contribution in [3.63, 3.8) is 0 Å². The Balaban J connectivity index is 1.71. The predicted molar refractivity (Wildman–Crippen MR) is 172 cm³/mol. The van der Waals surface area contributed by atoms with E-state index in [1.54, 1.807) is 50.2 Å². The van der Waals surface area contributed by atoms with Crippen molar-refractivity contribution in [3.05, 3.63) is 60.2 Å². The monoisotopic (exact) mass is 589 g/mol. The summed E-state index contributed by atoms with van der Waals surface area (Å²) in [6.45, 7) is 5.61. The van der Waals surface area contributed by atoms with Gasteiger partial charge in [-0.1, -0.05) is 18.2 Å². The number of rotatable bonds is 11. The third-order valence-corrected chi connectivity index (χ3v) is 7.55. The number of anilines is 3. The number of para-hydroxylation sites is 2. The number of amides is 2. The van der Waals surface area contributed by atoms with Gasteiger partial charge in [0.25, 0.3) is 5.91 Å². The molecule has 3 aromatic carbocycles. The molecule has 230 valence electrons. The Morgan fingerprint density at radius 1 is 0.953 bits per heavy atom. The molecular weight excluding hydrogens is 546 g/mol. The fourth-order valence-electron chi connectivity index (χ4n) is 5.29. The van der Waals surface area contributed by atoms with Gasteiger partial charge in [0.2, 0.25) is 0 Å². The molecule has 0 unspecified atom stereocenters. The van der Waals surface area contributed by atoms with Gasteiger partial charge in [-0.2, -0.15) is 0 Å². The van der Waals surface area contributed by atoms with Crippen LogP contribution in [0.15, 0.2) is 54.6 Å². The standard InChI is InChI=1S/C33H43N5O5/c1-33(2)31(39)38(6)30-25(21-34-26-12-9-10-13-28(26)41-7)23(16-17-27(30)35-33)24-15-14-22(20-29(24)42-8)43-32(40)37(5)19-11-18-36(3)4/h9-10,12-17,20,34-35H,11,18-19,21H2,1-8H3. The van der Waals surface area contributed by atoms with Crippen LogP contribution >= 0.6 is 0 Å². The highest BCUT2D eigenvalue weighted by atomic mass is 16.6. The van der Waals surface area contributed by atoms with Gasteiger partial charge in [-0.15, -0.1) is 0 Å². The Hall–Kier alpha value is -4.44. The van der Waals surface area contributed by atoms with Crippen LogP contribution in [0.25, 0.3) is 11.1 Å². The number of carbonyl (C=O) groups excluding carboxylic acids is 2. The summed E-state index contributed by atoms with van der Waals surface area (Å²) in [4.78, 5) is 31.4. The molecule has 0 fully saturated rings. The van der Waals surface area contributed by atoms with E-state index in [0.29, 0.717) is 30.3 Å². The molecule has 0 radical (unpaired) electrons. The molecule has 1 aliphatic rings. The molecule has 0 aliphatic carbocycles. The molecule has 2 amide bonds. The van der Waals surface area contributed by atoms with Crippen molar-refractivity contribution in [1.29, 1.82) is 0 Å². The van der Waals surface area contributed by atoms with Crippen molar-refractivity contribution in [2.24, 2.45) is 0 Å². The van der Waals surface area contributed by atoms with E-state index in [1.165, 1.54) is 0 Å². The molecule has 0 atom stereocenters. The zero-order chi connectivity index (χ0) is 31.3. The highest BCUT2D eigenvalue weighted by Gasteiger charge is 2.38. The number of fused-ring (bicyclic) bond motifs is 1. The summed E-state index contributed by atoms with van der Waals surface area (Å²) in [5.74, 6) is 1.59. The molecule has 3 aromatic rings. The minimum absolute atomic E-state index is 0.0420. The highest BCUT2D eigenvalue weighted by molar-refractivity contribution is 6.09. The molecule has 2 N–H and O–H groups in total. The lowest BCUT2D eigenvalue weighted by molar-refractivity contribution is -0.121. The van der Waals surface area contributed by atoms with E-state index < -0.39 is 11.6 Å². The lowest BCUT2D eigenvalue weighted by Gasteiger charge is -2.40. The molecule has 0 aromatic heterocycles. The molecule has 43 heavy (non-hydrogen) atoms. The number of ether oxygens (including phenoxy) is 3. The fourth-order valence-corrected chi connectivity index (χ4v) is 5.29. The summed E-state index contributed by atoms with van der Waals surface area (Å²) < 4.78 is 17.0. The zero-order valence-electron chi connectivity index (χ0n) is 26.4. The lowest BCUT2D eigenvalue weighted by atomic mass is 9.91. The second-order valence-corrected chi connectivity index (χ2v) is 11.5. The first-order chi connectivity index (χ1) is 20.5. The van der Waals surface area contributed by atoms with Crippen LogP contribution in [-0.4, -0.2) is 82.8 Å². The Morgan fingerprint density at radius 3 is 2.35 bits per heavy atom. The topological polar surface area (TPSA) is 95.6 Å². The normalized spacial score (nSPS) is 13.7. The van der Waals surface area contributed by atoms with Gasteiger partial charge < -0.3 is 39.5 Å². The van der Waals surface area contributed by atoms with E-state index in [2.05, 4.69) is 15.5 Å². The van der Waals surface area contributed by atoms with Gasteiger partial charge in [-0.3, -0.25) is 4.79 Å². The van der Waals surface area contributed by atoms with Gasteiger partial charge >= 0.3 is 6.09 Å². The maximum Gasteiger partial charge on any atom is 0.414 e. The van der Waals surface area contributed by atoms with E-state index in [9.17, 15) is 9.59 Å². The van der Waals surface area contributed by atoms with Crippen LogP contribution in [0, 0.1) is 0 Å². The average molecular weight is 590 g/mol. The molecule has 0 spiro atoms. The second-order valence-electron chi connectivity index (χ2n) is 11.5. The third-order valence-electron chi connectivity index (χ3n) is 7.55. The smallest absolute Gasteiger partial charge is 0.414 e. The summed E-state index contributed by atoms with van der Waals surface area (Å²) in [5, 5.41) is 6.91. The van der Waals surface area contributed by atoms with Crippen LogP contribution < -0.4 is 29.7 Å². The first-order valence-corrected chi connectivity index (χ1v) is 14.3. The SMILES string of the molecule is COc1ccccc1NCc1c(-c2ccc(OC(=O)N(C)CCCN(C)C)cc2OC)ccc2c1N(C)C(=O)C(C)(C)N2. The van der Waals surface area contributed by atoms with Crippen LogP contribution in [0.2, 0.25) is 0 Å². The van der Waals surface area contributed by atoms with E-state index in [1.807, 2.05) is 70.4 Å². The number of carbonyl (C=O) groups is 2. The number of methoxy groups -OCH3 is 2. The van der Waals surface area contributed by atoms with E-state index in [-0.39, 0.29) is 5.91 Å². The van der Waals surface area contributed by atoms with E-state index in [0.717, 1.165) is 46.7 Å². The van der Waals surface area contributed by atoms with Crippen molar-refractivity contribution < 1.29 is 23.8 Å². The number of hydrogen-bond donors (Lipinski definition) is 2. The molecule has 1 aliphatic heterocycles. The minimum Gasteiger partial charge on any atom is -0.496 e. The van der Waals surface area contributed by atoms with Gasteiger partial charge in [0.15, 0.2) is 0 Å². The molecule has 10 heteroatoms. The number of hydrogen-bond acceptors (Lipinski definition) is 8. The maximum absolute atomic E-state index is 13.4. The maximum atomic E-state index is 13.4. The number of benzene rings is 3. The van der Waals surface area contributed by atoms with Gasteiger partial charge in [0.1, 0.15) is 22.8 Å². The molecular formula is C33H43N5O5. The zero-order valence-corrected chi connectivity index (χ0v) is 26.4. The summed E-state index contributed by atoms with van der Waals surface area (Å²) >= 11 is 0. The average Bonchev–Trinajstić information content (AvgIpc) is 2.98. The Labute approximate surface area is 254 Å². The lowest BCUT2D eigenvalue weighted by Crippen LogP contribution is -2.52. The summed E-state index contributed by atoms with van der Waals surface area (Å²) in [5.41, 5.74) is 4.28. The first-order valence-electron chi connectivity index (χ1n) is 14.3. The number of likely N-dealkylation sites (N-methyl/N-ethyl adjacent to an activating group) is 1. The molecule has 0 bridgehead atoms. The van der Waals surface area contributed by atoms with Gasteiger partial charge in [-0.05, 0) is 76.8 Å². The van der Waals surface area contributed by atoms with Crippen molar-refractivity contribution in [1.82, 2.24) is 9.80 Å². The van der Waals surface area contributed by atoms with Crippen molar-refractivity contribution >= 4 is 29.1 Å². The van der Waals surface area contributed by atoms with Crippen LogP contribution in [0.1, 0.15) is 25.8 Å². The molecule has 4 rings (SSSR count). The van der Waals surface area contributed by atoms with Crippen LogP contribution in [0.5, 0.6) is 17.2 Å². The van der Waals surface area contributed by atoms with E-state index in [4.69, 9.17) is 14.2 Å². The minimum atomic E-state index is -0.751. The van der Waals surface area contributed by atoms with Gasteiger partial charge in [0.05, 0.1) is 31.3 Å². The number of nitrogens with zero attached hydrogens (tertiary/aromatic N) is 3. The van der Waals surface area contributed by atoms with E-state index >= 15 is 0 Å². The molecule has 10 nitrogen and oxygen atoms in total. The molecule has 1 heterocycles. The van der Waals surface area contributed by atoms with Crippen molar-refractivity contribution in [2.75, 3.05) is 71.0 Å². The summed E-state index contributed by atoms with van der Waals surface area (Å²) in [6, 6.07) is 17.1. The summed E-state index contributed by atoms with van der Waals surface area (Å²) in [7, 11) is 10.8.